The van der Waals surface area contributed by atoms with Crippen molar-refractivity contribution in [3.63, 3.8) is 0 Å². The van der Waals surface area contributed by atoms with Crippen molar-refractivity contribution in [3.05, 3.63) is 76.3 Å². The topological polar surface area (TPSA) is 102 Å². The Morgan fingerprint density at radius 1 is 1.04 bits per heavy atom. The summed E-state index contributed by atoms with van der Waals surface area (Å²) in [5, 5.41) is 5.00. The fourth-order valence-electron chi connectivity index (χ4n) is 2.92. The van der Waals surface area contributed by atoms with Crippen molar-refractivity contribution in [2.75, 3.05) is 6.61 Å². The summed E-state index contributed by atoms with van der Waals surface area (Å²) in [6.07, 6.45) is 0. The first-order valence-corrected chi connectivity index (χ1v) is 10.1. The molecule has 3 rings (SSSR count). The summed E-state index contributed by atoms with van der Waals surface area (Å²) in [4.78, 5) is 24.1. The van der Waals surface area contributed by atoms with Gasteiger partial charge in [0.2, 0.25) is 9.84 Å². The molecule has 0 aromatic heterocycles. The molecule has 2 amide bonds. The monoisotopic (exact) mass is 400 g/mol. The molecule has 8 heteroatoms. The zero-order chi connectivity index (χ0) is 20.3. The van der Waals surface area contributed by atoms with Gasteiger partial charge in [-0.2, -0.15) is 0 Å². The van der Waals surface area contributed by atoms with Crippen LogP contribution in [0.25, 0.3) is 0 Å². The molecule has 28 heavy (non-hydrogen) atoms. The summed E-state index contributed by atoms with van der Waals surface area (Å²) >= 11 is 0. The van der Waals surface area contributed by atoms with Gasteiger partial charge in [0, 0.05) is 5.70 Å². The molecule has 1 atom stereocenters. The average molecular weight is 400 g/mol. The minimum absolute atomic E-state index is 0.0307. The van der Waals surface area contributed by atoms with Gasteiger partial charge in [-0.3, -0.25) is 0 Å². The maximum absolute atomic E-state index is 13.2. The molecule has 0 saturated carbocycles. The molecule has 1 aliphatic heterocycles. The molecular weight excluding hydrogens is 380 g/mol. The van der Waals surface area contributed by atoms with Crippen LogP contribution in [0.15, 0.2) is 70.1 Å². The fraction of sp³-hybridized carbons (Fsp3) is 0.200. The highest BCUT2D eigenvalue weighted by Gasteiger charge is 2.36. The highest BCUT2D eigenvalue weighted by atomic mass is 32.2. The smallest absolute Gasteiger partial charge is 0.338 e. The Morgan fingerprint density at radius 3 is 2.32 bits per heavy atom. The van der Waals surface area contributed by atoms with Crippen molar-refractivity contribution in [3.8, 4) is 0 Å². The number of carbonyl (C=O) groups excluding carboxylic acids is 2. The van der Waals surface area contributed by atoms with E-state index in [0.717, 1.165) is 5.56 Å². The molecule has 7 nitrogen and oxygen atoms in total. The van der Waals surface area contributed by atoms with Gasteiger partial charge < -0.3 is 15.4 Å². The number of urea groups is 1. The van der Waals surface area contributed by atoms with Crippen LogP contribution in [0, 0.1) is 6.92 Å². The van der Waals surface area contributed by atoms with E-state index >= 15 is 0 Å². The molecule has 0 fully saturated rings. The maximum Gasteiger partial charge on any atom is 0.338 e. The van der Waals surface area contributed by atoms with E-state index in [1.807, 2.05) is 6.92 Å². The first-order valence-electron chi connectivity index (χ1n) is 8.61. The Labute approximate surface area is 163 Å². The number of esters is 1. The standard InChI is InChI=1S/C20H20N2O5S/c1-13-8-10-16(11-9-13)28(25,26)18-14(2)21-20(24)22-17(18)12-27-19(23)15-6-4-3-5-7-15/h3-11,17H,12H2,1-2H3,(H2,21,22,24)/t17-/m0/s1. The number of rotatable bonds is 5. The van der Waals surface area contributed by atoms with Crippen LogP contribution in [0.1, 0.15) is 22.8 Å². The number of amides is 2. The van der Waals surface area contributed by atoms with Crippen LogP contribution in [0.2, 0.25) is 0 Å². The summed E-state index contributed by atoms with van der Waals surface area (Å²) in [6.45, 7) is 3.06. The quantitative estimate of drug-likeness (QED) is 0.751. The molecule has 146 valence electrons. The van der Waals surface area contributed by atoms with Crippen molar-refractivity contribution < 1.29 is 22.7 Å². The van der Waals surface area contributed by atoms with Crippen LogP contribution in [0.3, 0.4) is 0 Å². The van der Waals surface area contributed by atoms with Crippen LogP contribution in [0.4, 0.5) is 4.79 Å². The normalized spacial score (nSPS) is 16.9. The van der Waals surface area contributed by atoms with Crippen molar-refractivity contribution >= 4 is 21.8 Å². The number of sulfone groups is 1. The van der Waals surface area contributed by atoms with E-state index < -0.39 is 27.9 Å². The Kier molecular flexibility index (Phi) is 5.51. The number of ether oxygens (including phenoxy) is 1. The number of nitrogens with one attached hydrogen (secondary N) is 2. The summed E-state index contributed by atoms with van der Waals surface area (Å²) < 4.78 is 31.6. The Hall–Kier alpha value is -3.13. The van der Waals surface area contributed by atoms with E-state index in [1.165, 1.54) is 19.1 Å². The zero-order valence-corrected chi connectivity index (χ0v) is 16.2. The molecule has 0 radical (unpaired) electrons. The van der Waals surface area contributed by atoms with Gasteiger partial charge in [0.25, 0.3) is 0 Å². The minimum Gasteiger partial charge on any atom is -0.460 e. The maximum atomic E-state index is 13.2. The predicted octanol–water partition coefficient (Wildman–Crippen LogP) is 2.54. The van der Waals surface area contributed by atoms with Gasteiger partial charge in [0.1, 0.15) is 12.6 Å². The predicted molar refractivity (Wildman–Crippen MR) is 103 cm³/mol. The molecular formula is C20H20N2O5S. The van der Waals surface area contributed by atoms with Crippen molar-refractivity contribution in [1.29, 1.82) is 0 Å². The molecule has 0 unspecified atom stereocenters. The van der Waals surface area contributed by atoms with Gasteiger partial charge in [-0.25, -0.2) is 18.0 Å². The van der Waals surface area contributed by atoms with Crippen LogP contribution in [-0.4, -0.2) is 33.1 Å². The van der Waals surface area contributed by atoms with Gasteiger partial charge in [-0.05, 0) is 38.1 Å². The molecule has 0 saturated heterocycles. The third-order valence-electron chi connectivity index (χ3n) is 4.30. The molecule has 0 bridgehead atoms. The molecule has 2 aromatic carbocycles. The highest BCUT2D eigenvalue weighted by molar-refractivity contribution is 7.95. The third kappa shape index (κ3) is 4.07. The summed E-state index contributed by atoms with van der Waals surface area (Å²) in [7, 11) is -3.90. The van der Waals surface area contributed by atoms with Crippen molar-refractivity contribution in [2.45, 2.75) is 24.8 Å². The van der Waals surface area contributed by atoms with E-state index in [9.17, 15) is 18.0 Å². The summed E-state index contributed by atoms with van der Waals surface area (Å²) in [5.74, 6) is -0.599. The summed E-state index contributed by atoms with van der Waals surface area (Å²) in [5.41, 5.74) is 1.46. The van der Waals surface area contributed by atoms with E-state index in [2.05, 4.69) is 10.6 Å². The Morgan fingerprint density at radius 2 is 1.68 bits per heavy atom. The van der Waals surface area contributed by atoms with Crippen LogP contribution < -0.4 is 10.6 Å². The highest BCUT2D eigenvalue weighted by Crippen LogP contribution is 2.26. The van der Waals surface area contributed by atoms with Crippen LogP contribution in [0.5, 0.6) is 0 Å². The van der Waals surface area contributed by atoms with Gasteiger partial charge in [-0.15, -0.1) is 0 Å². The first kappa shape index (κ1) is 19.6. The van der Waals surface area contributed by atoms with E-state index in [1.54, 1.807) is 42.5 Å². The Bertz CT molecular complexity index is 1030. The second-order valence-corrected chi connectivity index (χ2v) is 8.34. The lowest BCUT2D eigenvalue weighted by Crippen LogP contribution is -2.51. The molecule has 0 aliphatic carbocycles. The SMILES string of the molecule is CC1=C(S(=O)(=O)c2ccc(C)cc2)[C@H](COC(=O)c2ccccc2)NC(=O)N1. The van der Waals surface area contributed by atoms with Crippen LogP contribution in [-0.2, 0) is 14.6 Å². The fourth-order valence-corrected chi connectivity index (χ4v) is 4.62. The lowest BCUT2D eigenvalue weighted by Gasteiger charge is -2.28. The molecule has 2 N–H and O–H groups in total. The van der Waals surface area contributed by atoms with Crippen molar-refractivity contribution in [1.82, 2.24) is 10.6 Å². The molecule has 1 aliphatic rings. The second kappa shape index (κ2) is 7.85. The van der Waals surface area contributed by atoms with Gasteiger partial charge in [0.05, 0.1) is 15.4 Å². The third-order valence-corrected chi connectivity index (χ3v) is 6.37. The van der Waals surface area contributed by atoms with E-state index in [4.69, 9.17) is 4.74 Å². The second-order valence-electron chi connectivity index (χ2n) is 6.42. The number of hydrogen-bond acceptors (Lipinski definition) is 5. The number of allylic oxidation sites excluding steroid dienone is 1. The minimum atomic E-state index is -3.90. The van der Waals surface area contributed by atoms with Gasteiger partial charge in [0.15, 0.2) is 0 Å². The van der Waals surface area contributed by atoms with Gasteiger partial charge in [-0.1, -0.05) is 35.9 Å². The van der Waals surface area contributed by atoms with Crippen molar-refractivity contribution in [2.24, 2.45) is 0 Å². The molecule has 0 spiro atoms. The molecule has 2 aromatic rings. The number of benzene rings is 2. The van der Waals surface area contributed by atoms with Crippen LogP contribution >= 0.6 is 0 Å². The van der Waals surface area contributed by atoms with E-state index in [-0.39, 0.29) is 22.1 Å². The Balaban J connectivity index is 1.88. The summed E-state index contributed by atoms with van der Waals surface area (Å²) in [6, 6.07) is 13.2. The van der Waals surface area contributed by atoms with E-state index in [0.29, 0.717) is 5.56 Å². The van der Waals surface area contributed by atoms with Gasteiger partial charge >= 0.3 is 12.0 Å². The average Bonchev–Trinajstić information content (AvgIpc) is 2.66. The first-order chi connectivity index (χ1) is 13.3. The molecule has 1 heterocycles. The number of carbonyl (C=O) groups is 2. The number of hydrogen-bond donors (Lipinski definition) is 2. The zero-order valence-electron chi connectivity index (χ0n) is 15.4. The lowest BCUT2D eigenvalue weighted by atomic mass is 10.2. The lowest BCUT2D eigenvalue weighted by molar-refractivity contribution is 0.0482. The largest absolute Gasteiger partial charge is 0.460 e. The number of aryl methyl sites for hydroxylation is 1.